The summed E-state index contributed by atoms with van der Waals surface area (Å²) in [6.45, 7) is 2.12. The van der Waals surface area contributed by atoms with E-state index in [1.54, 1.807) is 36.6 Å². The van der Waals surface area contributed by atoms with Gasteiger partial charge < -0.3 is 10.1 Å². The number of esters is 1. The van der Waals surface area contributed by atoms with Crippen LogP contribution in [0.2, 0.25) is 0 Å². The molecule has 2 N–H and O–H groups in total. The Morgan fingerprint density at radius 2 is 2.07 bits per heavy atom. The Balaban J connectivity index is 1.70. The fourth-order valence-corrected chi connectivity index (χ4v) is 4.42. The Bertz CT molecular complexity index is 863. The number of anilines is 1. The Hall–Kier alpha value is -2.32. The zero-order valence-electron chi connectivity index (χ0n) is 14.9. The Kier molecular flexibility index (Phi) is 6.52. The Morgan fingerprint density at radius 1 is 1.33 bits per heavy atom. The molecule has 5 nitrogen and oxygen atoms in total. The van der Waals surface area contributed by atoms with Crippen LogP contribution in [0.3, 0.4) is 0 Å². The number of hydrogen-bond donors (Lipinski definition) is 2. The highest BCUT2D eigenvalue weighted by Gasteiger charge is 2.26. The molecule has 0 saturated carbocycles. The van der Waals surface area contributed by atoms with Gasteiger partial charge in [-0.3, -0.25) is 5.43 Å². The van der Waals surface area contributed by atoms with Crippen molar-refractivity contribution in [3.8, 4) is 0 Å². The zero-order valence-corrected chi connectivity index (χ0v) is 16.5. The largest absolute Gasteiger partial charge is 0.462 e. The summed E-state index contributed by atoms with van der Waals surface area (Å²) in [4.78, 5) is 13.6. The standard InChI is InChI=1S/C19H20FN3O2S2/c1-2-25-18(24)16-14-5-3-4-6-15(14)27-17(16)22-19(26)23-21-11-12-7-9-13(20)10-8-12/h7-11H,2-6H2,1H3,(H2,22,23,26)/b21-11-. The van der Waals surface area contributed by atoms with Gasteiger partial charge in [-0.25, -0.2) is 9.18 Å². The molecule has 0 radical (unpaired) electrons. The van der Waals surface area contributed by atoms with E-state index in [9.17, 15) is 9.18 Å². The van der Waals surface area contributed by atoms with Crippen LogP contribution >= 0.6 is 23.6 Å². The molecule has 0 fully saturated rings. The van der Waals surface area contributed by atoms with Crippen LogP contribution in [0.25, 0.3) is 0 Å². The van der Waals surface area contributed by atoms with Gasteiger partial charge in [0, 0.05) is 4.88 Å². The molecule has 1 heterocycles. The van der Waals surface area contributed by atoms with Crippen molar-refractivity contribution in [2.75, 3.05) is 11.9 Å². The summed E-state index contributed by atoms with van der Waals surface area (Å²) >= 11 is 6.83. The van der Waals surface area contributed by atoms with Crippen LogP contribution in [0.5, 0.6) is 0 Å². The number of thiocarbonyl (C=S) groups is 1. The molecule has 1 aromatic carbocycles. The first-order valence-corrected chi connectivity index (χ1v) is 9.98. The molecular formula is C19H20FN3O2S2. The number of aryl methyl sites for hydroxylation is 1. The van der Waals surface area contributed by atoms with E-state index >= 15 is 0 Å². The predicted octanol–water partition coefficient (Wildman–Crippen LogP) is 4.26. The van der Waals surface area contributed by atoms with Crippen molar-refractivity contribution in [3.63, 3.8) is 0 Å². The van der Waals surface area contributed by atoms with E-state index < -0.39 is 0 Å². The van der Waals surface area contributed by atoms with Gasteiger partial charge in [0.05, 0.1) is 18.4 Å². The molecule has 0 aliphatic heterocycles. The number of rotatable bonds is 5. The molecule has 0 atom stereocenters. The summed E-state index contributed by atoms with van der Waals surface area (Å²) in [6, 6.07) is 5.95. The van der Waals surface area contributed by atoms with Crippen LogP contribution in [0, 0.1) is 5.82 Å². The summed E-state index contributed by atoms with van der Waals surface area (Å²) < 4.78 is 18.1. The zero-order chi connectivity index (χ0) is 19.2. The molecule has 0 unspecified atom stereocenters. The first-order valence-electron chi connectivity index (χ1n) is 8.75. The van der Waals surface area contributed by atoms with Crippen LogP contribution in [0.1, 0.15) is 46.1 Å². The molecule has 1 aromatic heterocycles. The van der Waals surface area contributed by atoms with Crippen molar-refractivity contribution in [2.24, 2.45) is 5.10 Å². The lowest BCUT2D eigenvalue weighted by Gasteiger charge is -2.12. The van der Waals surface area contributed by atoms with E-state index in [1.807, 2.05) is 0 Å². The third kappa shape index (κ3) is 4.90. The van der Waals surface area contributed by atoms with Gasteiger partial charge in [-0.2, -0.15) is 5.10 Å². The lowest BCUT2D eigenvalue weighted by Crippen LogP contribution is -2.24. The number of hydrazone groups is 1. The van der Waals surface area contributed by atoms with Crippen molar-refractivity contribution in [2.45, 2.75) is 32.6 Å². The SMILES string of the molecule is CCOC(=O)c1c(NC(=S)N/N=C\c2ccc(F)cc2)sc2c1CCCC2. The number of thiophene rings is 1. The molecule has 0 bridgehead atoms. The summed E-state index contributed by atoms with van der Waals surface area (Å²) in [7, 11) is 0. The smallest absolute Gasteiger partial charge is 0.341 e. The van der Waals surface area contributed by atoms with Gasteiger partial charge in [0.2, 0.25) is 0 Å². The number of carbonyl (C=O) groups is 1. The molecule has 1 aliphatic carbocycles. The predicted molar refractivity (Wildman–Crippen MR) is 110 cm³/mol. The van der Waals surface area contributed by atoms with E-state index in [1.165, 1.54) is 17.0 Å². The van der Waals surface area contributed by atoms with E-state index in [0.29, 0.717) is 17.2 Å². The second-order valence-electron chi connectivity index (χ2n) is 6.01. The minimum absolute atomic E-state index is 0.275. The maximum Gasteiger partial charge on any atom is 0.341 e. The monoisotopic (exact) mass is 405 g/mol. The number of hydrogen-bond acceptors (Lipinski definition) is 5. The normalized spacial score (nSPS) is 13.3. The Labute approximate surface area is 166 Å². The topological polar surface area (TPSA) is 62.7 Å². The van der Waals surface area contributed by atoms with Crippen molar-refractivity contribution in [1.82, 2.24) is 5.43 Å². The molecule has 27 heavy (non-hydrogen) atoms. The van der Waals surface area contributed by atoms with Gasteiger partial charge in [-0.05, 0) is 68.1 Å². The van der Waals surface area contributed by atoms with Crippen LogP contribution in [-0.2, 0) is 17.6 Å². The second-order valence-corrected chi connectivity index (χ2v) is 7.52. The van der Waals surface area contributed by atoms with Gasteiger partial charge in [0.25, 0.3) is 0 Å². The van der Waals surface area contributed by atoms with Gasteiger partial charge in [-0.15, -0.1) is 11.3 Å². The molecule has 142 valence electrons. The maximum atomic E-state index is 12.9. The summed E-state index contributed by atoms with van der Waals surface area (Å²) in [5.41, 5.74) is 5.12. The van der Waals surface area contributed by atoms with E-state index in [2.05, 4.69) is 15.8 Å². The highest BCUT2D eigenvalue weighted by molar-refractivity contribution is 7.80. The highest BCUT2D eigenvalue weighted by atomic mass is 32.1. The fraction of sp³-hybridized carbons (Fsp3) is 0.316. The maximum absolute atomic E-state index is 12.9. The molecule has 0 amide bonds. The first-order chi connectivity index (χ1) is 13.1. The number of fused-ring (bicyclic) bond motifs is 1. The van der Waals surface area contributed by atoms with Crippen LogP contribution in [-0.4, -0.2) is 23.9 Å². The van der Waals surface area contributed by atoms with Crippen LogP contribution in [0.4, 0.5) is 9.39 Å². The quantitative estimate of drug-likeness (QED) is 0.337. The van der Waals surface area contributed by atoms with Gasteiger partial charge in [-0.1, -0.05) is 12.1 Å². The summed E-state index contributed by atoms with van der Waals surface area (Å²) in [6.07, 6.45) is 5.58. The number of nitrogens with one attached hydrogen (secondary N) is 2. The second kappa shape index (κ2) is 9.05. The van der Waals surface area contributed by atoms with Crippen molar-refractivity contribution >= 4 is 45.9 Å². The summed E-state index contributed by atoms with van der Waals surface area (Å²) in [5.74, 6) is -0.623. The van der Waals surface area contributed by atoms with Crippen molar-refractivity contribution in [3.05, 3.63) is 51.7 Å². The lowest BCUT2D eigenvalue weighted by atomic mass is 9.95. The van der Waals surface area contributed by atoms with Crippen LogP contribution in [0.15, 0.2) is 29.4 Å². The van der Waals surface area contributed by atoms with Crippen molar-refractivity contribution in [1.29, 1.82) is 0 Å². The third-order valence-electron chi connectivity index (χ3n) is 4.13. The number of benzene rings is 1. The molecule has 0 saturated heterocycles. The fourth-order valence-electron chi connectivity index (χ4n) is 2.92. The Morgan fingerprint density at radius 3 is 2.81 bits per heavy atom. The van der Waals surface area contributed by atoms with Gasteiger partial charge in [0.1, 0.15) is 10.8 Å². The average Bonchev–Trinajstić information content (AvgIpc) is 3.01. The molecule has 0 spiro atoms. The number of halogens is 1. The first kappa shape index (κ1) is 19.4. The van der Waals surface area contributed by atoms with E-state index in [4.69, 9.17) is 17.0 Å². The van der Waals surface area contributed by atoms with E-state index in [0.717, 1.165) is 36.8 Å². The average molecular weight is 406 g/mol. The molecule has 8 heteroatoms. The number of carbonyl (C=O) groups excluding carboxylic acids is 1. The molecular weight excluding hydrogens is 385 g/mol. The number of ether oxygens (including phenoxy) is 1. The van der Waals surface area contributed by atoms with Gasteiger partial charge in [0.15, 0.2) is 5.11 Å². The minimum atomic E-state index is -0.322. The summed E-state index contributed by atoms with van der Waals surface area (Å²) in [5, 5.41) is 8.08. The number of nitrogens with zero attached hydrogens (tertiary/aromatic N) is 1. The molecule has 2 aromatic rings. The molecule has 1 aliphatic rings. The van der Waals surface area contributed by atoms with E-state index in [-0.39, 0.29) is 16.9 Å². The minimum Gasteiger partial charge on any atom is -0.462 e. The molecule has 3 rings (SSSR count). The van der Waals surface area contributed by atoms with Gasteiger partial charge >= 0.3 is 5.97 Å². The lowest BCUT2D eigenvalue weighted by molar-refractivity contribution is 0.0526. The van der Waals surface area contributed by atoms with Crippen LogP contribution < -0.4 is 10.7 Å². The highest BCUT2D eigenvalue weighted by Crippen LogP contribution is 2.38. The third-order valence-corrected chi connectivity index (χ3v) is 5.53. The van der Waals surface area contributed by atoms with Crippen molar-refractivity contribution < 1.29 is 13.9 Å².